The van der Waals surface area contributed by atoms with E-state index in [1.54, 1.807) is 30.3 Å². The second-order valence-electron chi connectivity index (χ2n) is 6.80. The summed E-state index contributed by atoms with van der Waals surface area (Å²) in [6.07, 6.45) is -1.94. The van der Waals surface area contributed by atoms with Gasteiger partial charge in [-0.05, 0) is 43.2 Å². The third-order valence-electron chi connectivity index (χ3n) is 4.23. The molecular weight excluding hydrogens is 393 g/mol. The van der Waals surface area contributed by atoms with E-state index in [9.17, 15) is 13.2 Å². The molecule has 1 heterocycles. The summed E-state index contributed by atoms with van der Waals surface area (Å²) < 4.78 is 46.1. The molecule has 2 N–H and O–H groups in total. The van der Waals surface area contributed by atoms with Crippen molar-refractivity contribution in [2.24, 2.45) is 0 Å². The molecular formula is C22H23F3N4O. The number of ether oxygens (including phenoxy) is 1. The zero-order valence-corrected chi connectivity index (χ0v) is 16.8. The summed E-state index contributed by atoms with van der Waals surface area (Å²) in [7, 11) is 0. The maximum absolute atomic E-state index is 13.5. The van der Waals surface area contributed by atoms with Crippen LogP contribution < -0.4 is 15.4 Å². The minimum absolute atomic E-state index is 0.0615. The van der Waals surface area contributed by atoms with E-state index in [0.717, 1.165) is 24.6 Å². The Kier molecular flexibility index (Phi) is 6.76. The van der Waals surface area contributed by atoms with E-state index < -0.39 is 11.7 Å². The summed E-state index contributed by atoms with van der Waals surface area (Å²) in [4.78, 5) is 7.90. The van der Waals surface area contributed by atoms with Gasteiger partial charge in [0.25, 0.3) is 0 Å². The van der Waals surface area contributed by atoms with Crippen LogP contribution in [0, 0.1) is 6.92 Å². The molecule has 0 aliphatic carbocycles. The smallest absolute Gasteiger partial charge is 0.421 e. The molecule has 0 saturated heterocycles. The number of nitrogens with one attached hydrogen (secondary N) is 2. The molecule has 0 aliphatic heterocycles. The van der Waals surface area contributed by atoms with Gasteiger partial charge in [0.1, 0.15) is 17.1 Å². The highest BCUT2D eigenvalue weighted by Gasteiger charge is 2.35. The van der Waals surface area contributed by atoms with Crippen LogP contribution in [0.4, 0.5) is 36.3 Å². The van der Waals surface area contributed by atoms with Crippen molar-refractivity contribution < 1.29 is 17.9 Å². The summed E-state index contributed by atoms with van der Waals surface area (Å²) in [5.41, 5.74) is 1.18. The molecule has 0 spiro atoms. The predicted molar refractivity (Wildman–Crippen MR) is 112 cm³/mol. The zero-order valence-electron chi connectivity index (χ0n) is 16.8. The summed E-state index contributed by atoms with van der Waals surface area (Å²) in [5, 5.41) is 5.70. The first-order valence-corrected chi connectivity index (χ1v) is 9.63. The highest BCUT2D eigenvalue weighted by Crippen LogP contribution is 2.35. The van der Waals surface area contributed by atoms with E-state index in [-0.39, 0.29) is 11.8 Å². The second-order valence-corrected chi connectivity index (χ2v) is 6.80. The molecule has 0 unspecified atom stereocenters. The molecule has 30 heavy (non-hydrogen) atoms. The molecule has 0 saturated carbocycles. The van der Waals surface area contributed by atoms with Gasteiger partial charge in [-0.2, -0.15) is 18.2 Å². The lowest BCUT2D eigenvalue weighted by atomic mass is 10.2. The van der Waals surface area contributed by atoms with Crippen molar-refractivity contribution in [3.05, 3.63) is 65.9 Å². The van der Waals surface area contributed by atoms with Crippen LogP contribution in [-0.2, 0) is 6.18 Å². The Morgan fingerprint density at radius 3 is 2.43 bits per heavy atom. The van der Waals surface area contributed by atoms with Gasteiger partial charge in [-0.1, -0.05) is 31.5 Å². The monoisotopic (exact) mass is 416 g/mol. The Hall–Kier alpha value is -3.29. The van der Waals surface area contributed by atoms with Crippen LogP contribution in [0.15, 0.2) is 54.7 Å². The van der Waals surface area contributed by atoms with Crippen LogP contribution in [-0.4, -0.2) is 16.6 Å². The number of aromatic nitrogens is 2. The number of anilines is 4. The van der Waals surface area contributed by atoms with Crippen molar-refractivity contribution in [3.63, 3.8) is 0 Å². The number of halogens is 3. The van der Waals surface area contributed by atoms with Gasteiger partial charge in [0, 0.05) is 23.6 Å². The molecule has 0 bridgehead atoms. The van der Waals surface area contributed by atoms with Gasteiger partial charge >= 0.3 is 6.18 Å². The lowest BCUT2D eigenvalue weighted by Gasteiger charge is -2.15. The average Bonchev–Trinajstić information content (AvgIpc) is 2.68. The van der Waals surface area contributed by atoms with Crippen molar-refractivity contribution in [1.29, 1.82) is 0 Å². The maximum Gasteiger partial charge on any atom is 0.421 e. The number of hydrogen-bond donors (Lipinski definition) is 2. The number of rotatable bonds is 8. The fraction of sp³-hybridized carbons (Fsp3) is 0.273. The number of alkyl halides is 3. The summed E-state index contributed by atoms with van der Waals surface area (Å²) in [5.74, 6) is 0.305. The van der Waals surface area contributed by atoms with Gasteiger partial charge in [0.05, 0.1) is 6.61 Å². The van der Waals surface area contributed by atoms with E-state index in [1.807, 2.05) is 25.1 Å². The van der Waals surface area contributed by atoms with Gasteiger partial charge in [-0.25, -0.2) is 4.98 Å². The lowest BCUT2D eigenvalue weighted by Crippen LogP contribution is -2.12. The zero-order chi connectivity index (χ0) is 21.6. The standard InChI is InChI=1S/C22H23F3N4O/c1-3-4-11-30-18-10-6-9-17(13-18)27-20-19(22(23,24)25)14-26-21(29-20)28-16-8-5-7-15(2)12-16/h5-10,12-14H,3-4,11H2,1-2H3,(H2,26,27,28,29). The number of nitrogens with zero attached hydrogens (tertiary/aromatic N) is 2. The number of benzene rings is 2. The quantitative estimate of drug-likeness (QED) is 0.412. The molecule has 3 rings (SSSR count). The fourth-order valence-electron chi connectivity index (χ4n) is 2.73. The van der Waals surface area contributed by atoms with Crippen LogP contribution in [0.2, 0.25) is 0 Å². The Morgan fingerprint density at radius 2 is 1.73 bits per heavy atom. The first-order valence-electron chi connectivity index (χ1n) is 9.63. The molecule has 8 heteroatoms. The Labute approximate surface area is 173 Å². The largest absolute Gasteiger partial charge is 0.494 e. The average molecular weight is 416 g/mol. The number of aryl methyl sites for hydroxylation is 1. The van der Waals surface area contributed by atoms with Crippen LogP contribution in [0.1, 0.15) is 30.9 Å². The molecule has 1 aromatic heterocycles. The Morgan fingerprint density at radius 1 is 1.00 bits per heavy atom. The predicted octanol–water partition coefficient (Wildman–Crippen LogP) is 6.47. The minimum atomic E-state index is -4.60. The van der Waals surface area contributed by atoms with Gasteiger partial charge in [-0.15, -0.1) is 0 Å². The van der Waals surface area contributed by atoms with Gasteiger partial charge in [0.15, 0.2) is 0 Å². The molecule has 0 radical (unpaired) electrons. The topological polar surface area (TPSA) is 59.1 Å². The van der Waals surface area contributed by atoms with Gasteiger partial charge in [-0.3, -0.25) is 0 Å². The third-order valence-corrected chi connectivity index (χ3v) is 4.23. The Balaban J connectivity index is 1.87. The van der Waals surface area contributed by atoms with Crippen molar-refractivity contribution in [2.45, 2.75) is 32.9 Å². The fourth-order valence-corrected chi connectivity index (χ4v) is 2.73. The maximum atomic E-state index is 13.5. The van der Waals surface area contributed by atoms with E-state index in [2.05, 4.69) is 27.5 Å². The van der Waals surface area contributed by atoms with E-state index >= 15 is 0 Å². The van der Waals surface area contributed by atoms with Crippen molar-refractivity contribution in [2.75, 3.05) is 17.2 Å². The van der Waals surface area contributed by atoms with E-state index in [1.165, 1.54) is 0 Å². The van der Waals surface area contributed by atoms with Crippen molar-refractivity contribution >= 4 is 23.1 Å². The first kappa shape index (κ1) is 21.4. The minimum Gasteiger partial charge on any atom is -0.494 e. The summed E-state index contributed by atoms with van der Waals surface area (Å²) in [6, 6.07) is 14.2. The molecule has 5 nitrogen and oxygen atoms in total. The summed E-state index contributed by atoms with van der Waals surface area (Å²) in [6.45, 7) is 4.52. The molecule has 2 aromatic carbocycles. The van der Waals surface area contributed by atoms with Crippen LogP contribution >= 0.6 is 0 Å². The summed E-state index contributed by atoms with van der Waals surface area (Å²) >= 11 is 0. The van der Waals surface area contributed by atoms with Crippen LogP contribution in [0.25, 0.3) is 0 Å². The molecule has 0 amide bonds. The Bertz CT molecular complexity index is 992. The highest BCUT2D eigenvalue weighted by atomic mass is 19.4. The van der Waals surface area contributed by atoms with E-state index in [4.69, 9.17) is 4.74 Å². The lowest BCUT2D eigenvalue weighted by molar-refractivity contribution is -0.137. The molecule has 0 fully saturated rings. The van der Waals surface area contributed by atoms with Crippen molar-refractivity contribution in [3.8, 4) is 5.75 Å². The van der Waals surface area contributed by atoms with Gasteiger partial charge < -0.3 is 15.4 Å². The molecule has 0 aliphatic rings. The van der Waals surface area contributed by atoms with Gasteiger partial charge in [0.2, 0.25) is 5.95 Å². The third kappa shape index (κ3) is 5.85. The second kappa shape index (κ2) is 9.47. The SMILES string of the molecule is CCCCOc1cccc(Nc2nc(Nc3cccc(C)c3)ncc2C(F)(F)F)c1. The normalized spacial score (nSPS) is 11.2. The highest BCUT2D eigenvalue weighted by molar-refractivity contribution is 5.64. The van der Waals surface area contributed by atoms with Crippen LogP contribution in [0.5, 0.6) is 5.75 Å². The first-order chi connectivity index (χ1) is 14.3. The van der Waals surface area contributed by atoms with Crippen LogP contribution in [0.3, 0.4) is 0 Å². The number of unbranched alkanes of at least 4 members (excludes halogenated alkanes) is 1. The molecule has 158 valence electrons. The number of hydrogen-bond acceptors (Lipinski definition) is 5. The molecule has 0 atom stereocenters. The van der Waals surface area contributed by atoms with E-state index in [0.29, 0.717) is 23.7 Å². The molecule has 3 aromatic rings. The van der Waals surface area contributed by atoms with Crippen molar-refractivity contribution in [1.82, 2.24) is 9.97 Å².